The number of hydrogen-bond acceptors (Lipinski definition) is 5. The summed E-state index contributed by atoms with van der Waals surface area (Å²) in [5.41, 5.74) is 0.954. The number of amides is 1. The Morgan fingerprint density at radius 1 is 1.38 bits per heavy atom. The summed E-state index contributed by atoms with van der Waals surface area (Å²) in [6.45, 7) is 6.57. The molecule has 2 aromatic rings. The SMILES string of the molecule is CC(=O)N(CCN1CCOCC1)c1nc2ccccc2s1. The standard InChI is InChI=1S/C15H19N3O2S/c1-12(19)18(7-6-17-8-10-20-11-9-17)15-16-13-4-2-3-5-14(13)21-15/h2-5H,6-11H2,1H3. The van der Waals surface area contributed by atoms with Gasteiger partial charge in [0, 0.05) is 33.1 Å². The maximum Gasteiger partial charge on any atom is 0.225 e. The van der Waals surface area contributed by atoms with Crippen molar-refractivity contribution in [1.29, 1.82) is 0 Å². The summed E-state index contributed by atoms with van der Waals surface area (Å²) in [5.74, 6) is 0.0438. The largest absolute Gasteiger partial charge is 0.379 e. The van der Waals surface area contributed by atoms with Crippen LogP contribution in [0.15, 0.2) is 24.3 Å². The lowest BCUT2D eigenvalue weighted by atomic mass is 10.3. The van der Waals surface area contributed by atoms with E-state index in [1.165, 1.54) is 0 Å². The van der Waals surface area contributed by atoms with Gasteiger partial charge in [0.2, 0.25) is 5.91 Å². The molecule has 0 spiro atoms. The quantitative estimate of drug-likeness (QED) is 0.866. The second-order valence-electron chi connectivity index (χ2n) is 5.09. The lowest BCUT2D eigenvalue weighted by Gasteiger charge is -2.28. The van der Waals surface area contributed by atoms with E-state index in [1.807, 2.05) is 24.3 Å². The van der Waals surface area contributed by atoms with Gasteiger partial charge >= 0.3 is 0 Å². The third-order valence-corrected chi connectivity index (χ3v) is 4.70. The molecule has 1 aliphatic heterocycles. The van der Waals surface area contributed by atoms with E-state index in [9.17, 15) is 4.79 Å². The topological polar surface area (TPSA) is 45.7 Å². The van der Waals surface area contributed by atoms with E-state index in [0.717, 1.165) is 48.2 Å². The summed E-state index contributed by atoms with van der Waals surface area (Å²) in [6.07, 6.45) is 0. The van der Waals surface area contributed by atoms with Crippen molar-refractivity contribution in [2.75, 3.05) is 44.3 Å². The predicted molar refractivity (Wildman–Crippen MR) is 84.9 cm³/mol. The predicted octanol–water partition coefficient (Wildman–Crippen LogP) is 1.98. The number of aromatic nitrogens is 1. The summed E-state index contributed by atoms with van der Waals surface area (Å²) in [7, 11) is 0. The van der Waals surface area contributed by atoms with Gasteiger partial charge in [0.15, 0.2) is 5.13 Å². The molecule has 3 rings (SSSR count). The average molecular weight is 305 g/mol. The molecule has 0 saturated carbocycles. The number of rotatable bonds is 4. The van der Waals surface area contributed by atoms with Gasteiger partial charge in [-0.2, -0.15) is 0 Å². The molecule has 1 aliphatic rings. The van der Waals surface area contributed by atoms with Crippen molar-refractivity contribution in [3.8, 4) is 0 Å². The molecule has 0 unspecified atom stereocenters. The number of carbonyl (C=O) groups is 1. The number of morpholine rings is 1. The minimum Gasteiger partial charge on any atom is -0.379 e. The van der Waals surface area contributed by atoms with E-state index in [2.05, 4.69) is 9.88 Å². The van der Waals surface area contributed by atoms with Crippen LogP contribution in [0.5, 0.6) is 0 Å². The molecule has 5 nitrogen and oxygen atoms in total. The first-order valence-corrected chi connectivity index (χ1v) is 7.99. The van der Waals surface area contributed by atoms with Crippen LogP contribution in [0.25, 0.3) is 10.2 Å². The molecule has 0 atom stereocenters. The smallest absolute Gasteiger partial charge is 0.225 e. The van der Waals surface area contributed by atoms with E-state index in [-0.39, 0.29) is 5.91 Å². The van der Waals surface area contributed by atoms with Crippen LogP contribution in [0.3, 0.4) is 0 Å². The second kappa shape index (κ2) is 6.51. The first kappa shape index (κ1) is 14.4. The lowest BCUT2D eigenvalue weighted by molar-refractivity contribution is -0.116. The van der Waals surface area contributed by atoms with Crippen molar-refractivity contribution in [3.63, 3.8) is 0 Å². The summed E-state index contributed by atoms with van der Waals surface area (Å²) in [6, 6.07) is 7.99. The van der Waals surface area contributed by atoms with Crippen LogP contribution in [0.4, 0.5) is 5.13 Å². The molecule has 1 saturated heterocycles. The molecule has 0 N–H and O–H groups in total. The maximum atomic E-state index is 11.9. The van der Waals surface area contributed by atoms with Crippen LogP contribution in [-0.4, -0.2) is 55.2 Å². The highest BCUT2D eigenvalue weighted by molar-refractivity contribution is 7.22. The molecule has 21 heavy (non-hydrogen) atoms. The van der Waals surface area contributed by atoms with Crippen LogP contribution in [0.2, 0.25) is 0 Å². The van der Waals surface area contributed by atoms with E-state index in [0.29, 0.717) is 6.54 Å². The molecule has 1 aromatic carbocycles. The van der Waals surface area contributed by atoms with Gasteiger partial charge in [-0.3, -0.25) is 14.6 Å². The summed E-state index contributed by atoms with van der Waals surface area (Å²) >= 11 is 1.57. The number of ether oxygens (including phenoxy) is 1. The third kappa shape index (κ3) is 3.40. The lowest BCUT2D eigenvalue weighted by Crippen LogP contribution is -2.42. The number of benzene rings is 1. The van der Waals surface area contributed by atoms with Gasteiger partial charge in [-0.05, 0) is 12.1 Å². The molecule has 1 fully saturated rings. The number of carbonyl (C=O) groups excluding carboxylic acids is 1. The van der Waals surface area contributed by atoms with Crippen LogP contribution < -0.4 is 4.90 Å². The van der Waals surface area contributed by atoms with Crippen molar-refractivity contribution in [2.45, 2.75) is 6.92 Å². The van der Waals surface area contributed by atoms with Crippen LogP contribution in [0.1, 0.15) is 6.92 Å². The summed E-state index contributed by atoms with van der Waals surface area (Å²) in [5, 5.41) is 0.789. The molecule has 2 heterocycles. The van der Waals surface area contributed by atoms with Gasteiger partial charge in [0.25, 0.3) is 0 Å². The van der Waals surface area contributed by atoms with Gasteiger partial charge in [-0.15, -0.1) is 0 Å². The highest BCUT2D eigenvalue weighted by Gasteiger charge is 2.18. The van der Waals surface area contributed by atoms with Crippen molar-refractivity contribution in [3.05, 3.63) is 24.3 Å². The number of fused-ring (bicyclic) bond motifs is 1. The van der Waals surface area contributed by atoms with Gasteiger partial charge in [0.1, 0.15) is 0 Å². The molecule has 0 bridgehead atoms. The highest BCUT2D eigenvalue weighted by Crippen LogP contribution is 2.28. The maximum absolute atomic E-state index is 11.9. The van der Waals surface area contributed by atoms with Gasteiger partial charge in [-0.1, -0.05) is 23.5 Å². The minimum atomic E-state index is 0.0438. The Labute approximate surface area is 128 Å². The molecule has 112 valence electrons. The first-order chi connectivity index (χ1) is 10.2. The molecular formula is C15H19N3O2S. The Bertz CT molecular complexity index is 589. The first-order valence-electron chi connectivity index (χ1n) is 7.18. The third-order valence-electron chi connectivity index (χ3n) is 3.64. The van der Waals surface area contributed by atoms with Crippen molar-refractivity contribution >= 4 is 32.6 Å². The van der Waals surface area contributed by atoms with Crippen LogP contribution in [-0.2, 0) is 9.53 Å². The van der Waals surface area contributed by atoms with Crippen LogP contribution >= 0.6 is 11.3 Å². The van der Waals surface area contributed by atoms with Crippen LogP contribution in [0, 0.1) is 0 Å². The summed E-state index contributed by atoms with van der Waals surface area (Å²) in [4.78, 5) is 20.6. The molecule has 6 heteroatoms. The number of thiazole rings is 1. The van der Waals surface area contributed by atoms with Crippen molar-refractivity contribution in [1.82, 2.24) is 9.88 Å². The molecular weight excluding hydrogens is 286 g/mol. The number of anilines is 1. The normalized spacial score (nSPS) is 16.2. The molecule has 0 radical (unpaired) electrons. The number of hydrogen-bond donors (Lipinski definition) is 0. The van der Waals surface area contributed by atoms with E-state index >= 15 is 0 Å². The average Bonchev–Trinajstić information content (AvgIpc) is 2.91. The van der Waals surface area contributed by atoms with Crippen molar-refractivity contribution < 1.29 is 9.53 Å². The Morgan fingerprint density at radius 2 is 2.14 bits per heavy atom. The van der Waals surface area contributed by atoms with Gasteiger partial charge < -0.3 is 4.74 Å². The molecule has 1 aromatic heterocycles. The monoisotopic (exact) mass is 305 g/mol. The highest BCUT2D eigenvalue weighted by atomic mass is 32.1. The van der Waals surface area contributed by atoms with E-state index in [4.69, 9.17) is 4.74 Å². The zero-order valence-electron chi connectivity index (χ0n) is 12.1. The molecule has 1 amide bonds. The minimum absolute atomic E-state index is 0.0438. The second-order valence-corrected chi connectivity index (χ2v) is 6.10. The zero-order chi connectivity index (χ0) is 14.7. The van der Waals surface area contributed by atoms with Gasteiger partial charge in [0.05, 0.1) is 23.4 Å². The fourth-order valence-electron chi connectivity index (χ4n) is 2.43. The fourth-order valence-corrected chi connectivity index (χ4v) is 3.47. The van der Waals surface area contributed by atoms with Gasteiger partial charge in [-0.25, -0.2) is 4.98 Å². The number of nitrogens with zero attached hydrogens (tertiary/aromatic N) is 3. The summed E-state index contributed by atoms with van der Waals surface area (Å²) < 4.78 is 6.46. The zero-order valence-corrected chi connectivity index (χ0v) is 12.9. The fraction of sp³-hybridized carbons (Fsp3) is 0.467. The number of para-hydroxylation sites is 1. The Hall–Kier alpha value is -1.50. The molecule has 0 aliphatic carbocycles. The Kier molecular flexibility index (Phi) is 4.48. The van der Waals surface area contributed by atoms with E-state index in [1.54, 1.807) is 23.2 Å². The van der Waals surface area contributed by atoms with E-state index < -0.39 is 0 Å². The Balaban J connectivity index is 1.72. The Morgan fingerprint density at radius 3 is 2.86 bits per heavy atom. The van der Waals surface area contributed by atoms with Crippen molar-refractivity contribution in [2.24, 2.45) is 0 Å².